The summed E-state index contributed by atoms with van der Waals surface area (Å²) in [7, 11) is 1.31. The Kier molecular flexibility index (Phi) is 6.18. The molecule has 0 amide bonds. The van der Waals surface area contributed by atoms with Gasteiger partial charge in [-0.15, -0.1) is 0 Å². The van der Waals surface area contributed by atoms with Crippen LogP contribution < -0.4 is 4.74 Å². The van der Waals surface area contributed by atoms with Crippen molar-refractivity contribution in [3.63, 3.8) is 0 Å². The van der Waals surface area contributed by atoms with Gasteiger partial charge >= 0.3 is 12.1 Å². The Labute approximate surface area is 166 Å². The number of ether oxygens (including phenoxy) is 2. The average molecular weight is 413 g/mol. The molecule has 2 aromatic rings. The number of hydrogen-bond donors (Lipinski definition) is 0. The summed E-state index contributed by atoms with van der Waals surface area (Å²) in [6.45, 7) is -1.40. The van der Waals surface area contributed by atoms with Crippen LogP contribution in [-0.4, -0.2) is 25.9 Å². The van der Waals surface area contributed by atoms with Gasteiger partial charge in [-0.05, 0) is 53.3 Å². The molecule has 0 N–H and O–H groups in total. The van der Waals surface area contributed by atoms with Gasteiger partial charge in [0.1, 0.15) is 5.75 Å². The Morgan fingerprint density at radius 1 is 1.14 bits per heavy atom. The van der Waals surface area contributed by atoms with Crippen LogP contribution in [0.5, 0.6) is 5.75 Å². The topological polar surface area (TPSA) is 35.5 Å². The Hall–Kier alpha value is -2.21. The van der Waals surface area contributed by atoms with Gasteiger partial charge in [0, 0.05) is 5.02 Å². The Bertz CT molecular complexity index is 830. The van der Waals surface area contributed by atoms with Crippen molar-refractivity contribution in [2.24, 2.45) is 5.92 Å². The van der Waals surface area contributed by atoms with Crippen molar-refractivity contribution in [1.82, 2.24) is 0 Å². The quantitative estimate of drug-likeness (QED) is 0.523. The van der Waals surface area contributed by atoms with Gasteiger partial charge in [-0.25, -0.2) is 0 Å². The van der Waals surface area contributed by atoms with Gasteiger partial charge in [-0.2, -0.15) is 13.2 Å². The molecule has 3 nitrogen and oxygen atoms in total. The van der Waals surface area contributed by atoms with Crippen LogP contribution in [0.2, 0.25) is 5.02 Å². The minimum Gasteiger partial charge on any atom is -0.484 e. The first-order chi connectivity index (χ1) is 13.2. The molecule has 7 heteroatoms. The maximum Gasteiger partial charge on any atom is 0.422 e. The molecule has 28 heavy (non-hydrogen) atoms. The van der Waals surface area contributed by atoms with Gasteiger partial charge in [0.25, 0.3) is 0 Å². The van der Waals surface area contributed by atoms with Crippen molar-refractivity contribution in [3.8, 4) is 16.9 Å². The minimum absolute atomic E-state index is 0.0597. The van der Waals surface area contributed by atoms with Crippen molar-refractivity contribution in [2.45, 2.75) is 31.4 Å². The number of carbonyl (C=O) groups excluding carboxylic acids is 1. The van der Waals surface area contributed by atoms with Gasteiger partial charge in [0.05, 0.1) is 13.0 Å². The summed E-state index contributed by atoms with van der Waals surface area (Å²) in [5.74, 6) is -0.452. The Morgan fingerprint density at radius 3 is 2.39 bits per heavy atom. The minimum atomic E-state index is -4.45. The summed E-state index contributed by atoms with van der Waals surface area (Å²) in [5.41, 5.74) is 2.00. The van der Waals surface area contributed by atoms with Crippen LogP contribution in [0.15, 0.2) is 42.5 Å². The van der Waals surface area contributed by atoms with Crippen molar-refractivity contribution in [1.29, 1.82) is 0 Å². The van der Waals surface area contributed by atoms with Gasteiger partial charge in [0.15, 0.2) is 6.61 Å². The number of rotatable bonds is 7. The lowest BCUT2D eigenvalue weighted by Gasteiger charge is -2.18. The molecule has 2 aromatic carbocycles. The van der Waals surface area contributed by atoms with Crippen LogP contribution in [0.1, 0.15) is 30.7 Å². The predicted molar refractivity (Wildman–Crippen MR) is 101 cm³/mol. The van der Waals surface area contributed by atoms with Gasteiger partial charge in [-0.3, -0.25) is 4.79 Å². The van der Waals surface area contributed by atoms with Crippen LogP contribution >= 0.6 is 11.6 Å². The number of halogens is 4. The maximum absolute atomic E-state index is 12.6. The fraction of sp³-hybridized carbons (Fsp3) is 0.381. The van der Waals surface area contributed by atoms with E-state index in [1.807, 2.05) is 0 Å². The third-order valence-corrected chi connectivity index (χ3v) is 4.91. The summed E-state index contributed by atoms with van der Waals surface area (Å²) >= 11 is 5.93. The third kappa shape index (κ3) is 5.64. The zero-order valence-electron chi connectivity index (χ0n) is 15.3. The highest BCUT2D eigenvalue weighted by Gasteiger charge is 2.32. The van der Waals surface area contributed by atoms with E-state index in [4.69, 9.17) is 21.1 Å². The SMILES string of the molecule is COC(=O)C(CC1CC1)c1cc(OCC(F)(F)F)cc(-c2ccc(Cl)cc2)c1. The number of hydrogen-bond acceptors (Lipinski definition) is 3. The molecular formula is C21H20ClF3O3. The molecular weight excluding hydrogens is 393 g/mol. The molecule has 1 atom stereocenters. The molecule has 1 unspecified atom stereocenters. The second kappa shape index (κ2) is 8.43. The number of esters is 1. The van der Waals surface area contributed by atoms with Crippen molar-refractivity contribution < 1.29 is 27.4 Å². The molecule has 0 aliphatic heterocycles. The summed E-state index contributed by atoms with van der Waals surface area (Å²) in [4.78, 5) is 12.3. The fourth-order valence-electron chi connectivity index (χ4n) is 3.08. The van der Waals surface area contributed by atoms with Crippen LogP contribution in [0.4, 0.5) is 13.2 Å². The Balaban J connectivity index is 1.99. The molecule has 1 saturated carbocycles. The van der Waals surface area contributed by atoms with Crippen LogP contribution in [0, 0.1) is 5.92 Å². The second-order valence-corrected chi connectivity index (χ2v) is 7.39. The maximum atomic E-state index is 12.6. The summed E-state index contributed by atoms with van der Waals surface area (Å²) < 4.78 is 47.8. The van der Waals surface area contributed by atoms with Crippen molar-refractivity contribution >= 4 is 17.6 Å². The molecule has 0 spiro atoms. The van der Waals surface area contributed by atoms with E-state index in [1.54, 1.807) is 30.3 Å². The standard InChI is InChI=1S/C21H20ClF3O3/c1-27-20(26)19(8-13-2-3-13)16-9-15(14-4-6-17(22)7-5-14)10-18(11-16)28-12-21(23,24)25/h4-7,9-11,13,19H,2-3,8,12H2,1H3. The molecule has 0 radical (unpaired) electrons. The molecule has 1 aliphatic rings. The van der Waals surface area contributed by atoms with Crippen molar-refractivity contribution in [3.05, 3.63) is 53.1 Å². The van der Waals surface area contributed by atoms with Crippen molar-refractivity contribution in [2.75, 3.05) is 13.7 Å². The van der Waals surface area contributed by atoms with Gasteiger partial charge < -0.3 is 9.47 Å². The first kappa shape index (κ1) is 20.5. The highest BCUT2D eigenvalue weighted by molar-refractivity contribution is 6.30. The first-order valence-corrected chi connectivity index (χ1v) is 9.31. The van der Waals surface area contributed by atoms with E-state index in [1.165, 1.54) is 19.2 Å². The van der Waals surface area contributed by atoms with E-state index < -0.39 is 24.7 Å². The summed E-state index contributed by atoms with van der Waals surface area (Å²) in [6, 6.07) is 11.8. The van der Waals surface area contributed by atoms with Crippen LogP contribution in [-0.2, 0) is 9.53 Å². The van der Waals surface area contributed by atoms with Crippen LogP contribution in [0.25, 0.3) is 11.1 Å². The largest absolute Gasteiger partial charge is 0.484 e. The van der Waals surface area contributed by atoms with E-state index in [0.29, 0.717) is 28.5 Å². The number of alkyl halides is 3. The highest BCUT2D eigenvalue weighted by atomic mass is 35.5. The third-order valence-electron chi connectivity index (χ3n) is 4.66. The van der Waals surface area contributed by atoms with Gasteiger partial charge in [-0.1, -0.05) is 42.6 Å². The molecule has 1 fully saturated rings. The zero-order valence-corrected chi connectivity index (χ0v) is 16.0. The number of carbonyl (C=O) groups is 1. The molecule has 0 bridgehead atoms. The molecule has 150 valence electrons. The summed E-state index contributed by atoms with van der Waals surface area (Å²) in [6.07, 6.45) is -1.76. The zero-order chi connectivity index (χ0) is 20.3. The lowest BCUT2D eigenvalue weighted by atomic mass is 9.90. The van der Waals surface area contributed by atoms with E-state index in [0.717, 1.165) is 18.4 Å². The normalized spacial score (nSPS) is 15.2. The molecule has 0 aromatic heterocycles. The molecule has 1 aliphatic carbocycles. The first-order valence-electron chi connectivity index (χ1n) is 8.93. The summed E-state index contributed by atoms with van der Waals surface area (Å²) in [5, 5.41) is 0.551. The number of benzene rings is 2. The van der Waals surface area contributed by atoms with Crippen LogP contribution in [0.3, 0.4) is 0 Å². The van der Waals surface area contributed by atoms with Gasteiger partial charge in [0.2, 0.25) is 0 Å². The lowest BCUT2D eigenvalue weighted by Crippen LogP contribution is -2.20. The predicted octanol–water partition coefficient (Wildman–Crippen LogP) is 6.00. The molecule has 3 rings (SSSR count). The average Bonchev–Trinajstić information content (AvgIpc) is 3.48. The second-order valence-electron chi connectivity index (χ2n) is 6.96. The number of methoxy groups -OCH3 is 1. The molecule has 0 saturated heterocycles. The fourth-order valence-corrected chi connectivity index (χ4v) is 3.20. The van der Waals surface area contributed by atoms with E-state index in [-0.39, 0.29) is 5.75 Å². The Morgan fingerprint density at radius 2 is 1.82 bits per heavy atom. The van der Waals surface area contributed by atoms with E-state index >= 15 is 0 Å². The smallest absolute Gasteiger partial charge is 0.422 e. The lowest BCUT2D eigenvalue weighted by molar-refractivity contribution is -0.153. The van der Waals surface area contributed by atoms with E-state index in [2.05, 4.69) is 0 Å². The highest BCUT2D eigenvalue weighted by Crippen LogP contribution is 2.41. The molecule has 0 heterocycles. The van der Waals surface area contributed by atoms with E-state index in [9.17, 15) is 18.0 Å². The monoisotopic (exact) mass is 412 g/mol.